The lowest BCUT2D eigenvalue weighted by molar-refractivity contribution is 0.103. The summed E-state index contributed by atoms with van der Waals surface area (Å²) >= 11 is 5.93. The van der Waals surface area contributed by atoms with E-state index in [9.17, 15) is 13.8 Å². The van der Waals surface area contributed by atoms with Crippen molar-refractivity contribution in [2.45, 2.75) is 13.2 Å². The van der Waals surface area contributed by atoms with Gasteiger partial charge in [0.15, 0.2) is 5.82 Å². The average Bonchev–Trinajstić information content (AvgIpc) is 3.18. The Bertz CT molecular complexity index is 1440. The third-order valence-electron chi connectivity index (χ3n) is 4.93. The van der Waals surface area contributed by atoms with Gasteiger partial charge in [0, 0.05) is 33.9 Å². The minimum absolute atomic E-state index is 0.00669. The number of anilines is 1. The summed E-state index contributed by atoms with van der Waals surface area (Å²) in [5.41, 5.74) is 0.572. The number of aromatic amines is 1. The fourth-order valence-corrected chi connectivity index (χ4v) is 4.04. The summed E-state index contributed by atoms with van der Waals surface area (Å²) in [5, 5.41) is 3.27. The molecule has 0 radical (unpaired) electrons. The Balaban J connectivity index is 1.72. The number of benzene rings is 2. The molecule has 4 rings (SSSR count). The van der Waals surface area contributed by atoms with E-state index in [0.717, 1.165) is 17.7 Å². The van der Waals surface area contributed by atoms with E-state index in [2.05, 4.69) is 19.8 Å². The van der Waals surface area contributed by atoms with Crippen molar-refractivity contribution >= 4 is 41.9 Å². The number of carbonyl (C=O) groups excluding carboxylic acids is 1. The first-order valence-electron chi connectivity index (χ1n) is 9.80. The molecule has 34 heavy (non-hydrogen) atoms. The fraction of sp³-hybridized carbons (Fsp3) is 0.0909. The number of nitrogens with one attached hydrogen (secondary N) is 2. The molecule has 1 atom stereocenters. The van der Waals surface area contributed by atoms with Crippen LogP contribution in [0.3, 0.4) is 0 Å². The SMILES string of the molecule is CC(Nc1ccc(F)c(C(=O)c2c[nH]c3ncc(-c4ccc(Cl)cc4)cc23)c1F)OP(=O)(O)O. The number of fused-ring (bicyclic) bond motifs is 1. The van der Waals surface area contributed by atoms with Crippen LogP contribution < -0.4 is 5.32 Å². The molecule has 0 amide bonds. The average molecular weight is 508 g/mol. The molecule has 4 N–H and O–H groups in total. The molecule has 8 nitrogen and oxygen atoms in total. The highest BCUT2D eigenvalue weighted by molar-refractivity contribution is 7.46. The second-order valence-electron chi connectivity index (χ2n) is 7.33. The van der Waals surface area contributed by atoms with E-state index in [-0.39, 0.29) is 11.3 Å². The Labute approximate surface area is 196 Å². The standard InChI is InChI=1S/C22H17ClF2N3O5P/c1-11(33-34(30,31)32)28-18-7-6-17(24)19(20(18)25)21(29)16-10-27-22-15(16)8-13(9-26-22)12-2-4-14(23)5-3-12/h2-11,28H,1H3,(H,26,27)(H2,30,31,32). The number of aromatic nitrogens is 2. The van der Waals surface area contributed by atoms with Crippen LogP contribution in [0, 0.1) is 11.6 Å². The molecule has 0 saturated carbocycles. The molecule has 0 bridgehead atoms. The number of hydrogen-bond donors (Lipinski definition) is 4. The number of hydrogen-bond acceptors (Lipinski definition) is 5. The lowest BCUT2D eigenvalue weighted by atomic mass is 9.99. The van der Waals surface area contributed by atoms with Gasteiger partial charge in [-0.2, -0.15) is 0 Å². The van der Waals surface area contributed by atoms with Crippen molar-refractivity contribution in [1.29, 1.82) is 0 Å². The number of halogens is 3. The molecular weight excluding hydrogens is 491 g/mol. The Morgan fingerprint density at radius 1 is 1.18 bits per heavy atom. The monoisotopic (exact) mass is 507 g/mol. The Kier molecular flexibility index (Phi) is 6.53. The summed E-state index contributed by atoms with van der Waals surface area (Å²) in [5.74, 6) is -3.28. The maximum atomic E-state index is 15.1. The van der Waals surface area contributed by atoms with Gasteiger partial charge in [-0.15, -0.1) is 0 Å². The number of phosphoric acid groups is 1. The van der Waals surface area contributed by atoms with Gasteiger partial charge in [-0.25, -0.2) is 18.3 Å². The van der Waals surface area contributed by atoms with E-state index >= 15 is 4.39 Å². The molecule has 176 valence electrons. The summed E-state index contributed by atoms with van der Waals surface area (Å²) < 4.78 is 45.1. The summed E-state index contributed by atoms with van der Waals surface area (Å²) in [6.07, 6.45) is 1.57. The smallest absolute Gasteiger partial charge is 0.358 e. The van der Waals surface area contributed by atoms with Crippen molar-refractivity contribution < 1.29 is 32.5 Å². The lowest BCUT2D eigenvalue weighted by Crippen LogP contribution is -2.20. The number of carbonyl (C=O) groups is 1. The van der Waals surface area contributed by atoms with E-state index in [0.29, 0.717) is 21.6 Å². The highest BCUT2D eigenvalue weighted by Gasteiger charge is 2.26. The number of ketones is 1. The normalized spacial score (nSPS) is 12.6. The molecule has 0 aliphatic rings. The molecule has 0 aliphatic carbocycles. The number of pyridine rings is 1. The Hall–Kier alpha value is -3.14. The zero-order chi connectivity index (χ0) is 24.6. The van der Waals surface area contributed by atoms with Crippen LogP contribution in [0.1, 0.15) is 22.8 Å². The largest absolute Gasteiger partial charge is 0.471 e. The quantitative estimate of drug-likeness (QED) is 0.153. The van der Waals surface area contributed by atoms with Crippen molar-refractivity contribution in [2.75, 3.05) is 5.32 Å². The first-order valence-corrected chi connectivity index (χ1v) is 11.7. The molecule has 0 aliphatic heterocycles. The van der Waals surface area contributed by atoms with E-state index in [4.69, 9.17) is 21.4 Å². The molecule has 2 heterocycles. The fourth-order valence-electron chi connectivity index (χ4n) is 3.45. The maximum absolute atomic E-state index is 15.1. The zero-order valence-electron chi connectivity index (χ0n) is 17.4. The van der Waals surface area contributed by atoms with Crippen LogP contribution in [0.5, 0.6) is 0 Å². The van der Waals surface area contributed by atoms with Gasteiger partial charge in [0.2, 0.25) is 5.78 Å². The van der Waals surface area contributed by atoms with Crippen LogP contribution in [0.2, 0.25) is 5.02 Å². The van der Waals surface area contributed by atoms with E-state index in [1.54, 1.807) is 36.5 Å². The first-order chi connectivity index (χ1) is 16.0. The van der Waals surface area contributed by atoms with Gasteiger partial charge < -0.3 is 20.1 Å². The molecule has 0 saturated heterocycles. The molecule has 4 aromatic rings. The summed E-state index contributed by atoms with van der Waals surface area (Å²) in [6, 6.07) is 10.5. The number of phosphoric ester groups is 1. The van der Waals surface area contributed by atoms with Crippen LogP contribution >= 0.6 is 19.4 Å². The van der Waals surface area contributed by atoms with E-state index < -0.39 is 37.0 Å². The van der Waals surface area contributed by atoms with Gasteiger partial charge in [-0.1, -0.05) is 23.7 Å². The maximum Gasteiger partial charge on any atom is 0.471 e. The summed E-state index contributed by atoms with van der Waals surface area (Å²) in [4.78, 5) is 38.1. The topological polar surface area (TPSA) is 125 Å². The van der Waals surface area contributed by atoms with Gasteiger partial charge in [0.1, 0.15) is 17.7 Å². The van der Waals surface area contributed by atoms with Gasteiger partial charge in [-0.3, -0.25) is 9.32 Å². The Morgan fingerprint density at radius 3 is 2.56 bits per heavy atom. The zero-order valence-corrected chi connectivity index (χ0v) is 19.1. The van der Waals surface area contributed by atoms with Crippen molar-refractivity contribution in [1.82, 2.24) is 9.97 Å². The van der Waals surface area contributed by atoms with Crippen molar-refractivity contribution in [2.24, 2.45) is 0 Å². The molecule has 2 aromatic heterocycles. The van der Waals surface area contributed by atoms with Crippen LogP contribution in [0.25, 0.3) is 22.2 Å². The van der Waals surface area contributed by atoms with Crippen LogP contribution in [0.15, 0.2) is 54.9 Å². The summed E-state index contributed by atoms with van der Waals surface area (Å²) in [6.45, 7) is 1.22. The van der Waals surface area contributed by atoms with Gasteiger partial charge >= 0.3 is 7.82 Å². The number of rotatable bonds is 7. The molecule has 1 unspecified atom stereocenters. The van der Waals surface area contributed by atoms with E-state index in [1.807, 2.05) is 0 Å². The molecule has 12 heteroatoms. The third kappa shape index (κ3) is 5.01. The van der Waals surface area contributed by atoms with Gasteiger partial charge in [0.05, 0.1) is 11.3 Å². The molecule has 0 spiro atoms. The van der Waals surface area contributed by atoms with Gasteiger partial charge in [0.25, 0.3) is 0 Å². The predicted octanol–water partition coefficient (Wildman–Crippen LogP) is 5.26. The van der Waals surface area contributed by atoms with Crippen molar-refractivity contribution in [3.8, 4) is 11.1 Å². The van der Waals surface area contributed by atoms with Gasteiger partial charge in [-0.05, 0) is 42.8 Å². The molecule has 0 fully saturated rings. The van der Waals surface area contributed by atoms with Crippen LogP contribution in [-0.4, -0.2) is 31.8 Å². The molecule has 2 aromatic carbocycles. The second kappa shape index (κ2) is 9.25. The summed E-state index contributed by atoms with van der Waals surface area (Å²) in [7, 11) is -4.86. The predicted molar refractivity (Wildman–Crippen MR) is 123 cm³/mol. The minimum Gasteiger partial charge on any atom is -0.358 e. The molecular formula is C22H17ClF2N3O5P. The number of nitrogens with zero attached hydrogens (tertiary/aromatic N) is 1. The number of H-pyrrole nitrogens is 1. The van der Waals surface area contributed by atoms with Crippen LogP contribution in [-0.2, 0) is 9.09 Å². The Morgan fingerprint density at radius 2 is 1.88 bits per heavy atom. The lowest BCUT2D eigenvalue weighted by Gasteiger charge is -2.18. The highest BCUT2D eigenvalue weighted by Crippen LogP contribution is 2.38. The third-order valence-corrected chi connectivity index (χ3v) is 5.77. The second-order valence-corrected chi connectivity index (χ2v) is 8.95. The highest BCUT2D eigenvalue weighted by atomic mass is 35.5. The van der Waals surface area contributed by atoms with Crippen molar-refractivity contribution in [3.63, 3.8) is 0 Å². The first kappa shape index (κ1) is 24.0. The van der Waals surface area contributed by atoms with Crippen molar-refractivity contribution in [3.05, 3.63) is 82.6 Å². The van der Waals surface area contributed by atoms with E-state index in [1.165, 1.54) is 13.1 Å². The minimum atomic E-state index is -4.86. The van der Waals surface area contributed by atoms with Crippen LogP contribution in [0.4, 0.5) is 14.5 Å².